The number of piperazine rings is 1. The van der Waals surface area contributed by atoms with E-state index in [2.05, 4.69) is 9.88 Å². The van der Waals surface area contributed by atoms with E-state index in [-0.39, 0.29) is 11.7 Å². The quantitative estimate of drug-likeness (QED) is 0.653. The van der Waals surface area contributed by atoms with Gasteiger partial charge >= 0.3 is 0 Å². The Morgan fingerprint density at radius 1 is 0.929 bits per heavy atom. The zero-order valence-electron chi connectivity index (χ0n) is 15.7. The highest BCUT2D eigenvalue weighted by molar-refractivity contribution is 5.94. The second-order valence-corrected chi connectivity index (χ2v) is 6.76. The maximum absolute atomic E-state index is 12.8. The predicted octanol–water partition coefficient (Wildman–Crippen LogP) is 3.51. The fraction of sp³-hybridized carbons (Fsp3) is 0.227. The molecule has 2 aromatic heterocycles. The van der Waals surface area contributed by atoms with Gasteiger partial charge in [-0.1, -0.05) is 30.3 Å². The number of hydrogen-bond donors (Lipinski definition) is 0. The maximum atomic E-state index is 12.8. The molecule has 1 amide bonds. The molecule has 1 aliphatic rings. The number of rotatable bonds is 4. The molecule has 3 heterocycles. The number of nitrogens with zero attached hydrogens (tertiary/aromatic N) is 3. The van der Waals surface area contributed by atoms with Crippen LogP contribution in [0.4, 0.5) is 5.82 Å². The molecule has 1 aromatic carbocycles. The van der Waals surface area contributed by atoms with Gasteiger partial charge in [0.05, 0.1) is 0 Å². The van der Waals surface area contributed by atoms with Crippen molar-refractivity contribution in [2.24, 2.45) is 0 Å². The Labute approximate surface area is 163 Å². The lowest BCUT2D eigenvalue weighted by Crippen LogP contribution is -2.49. The standard InChI is InChI=1S/C22H21N3O3/c1-16(26)17-5-7-18(8-6-17)19-9-10-20(28-19)22(27)25-14-12-24(13-15-25)21-4-2-3-11-23-21/h2-11H,12-15H2,1H3. The molecule has 0 radical (unpaired) electrons. The van der Waals surface area contributed by atoms with E-state index in [1.807, 2.05) is 30.3 Å². The van der Waals surface area contributed by atoms with Gasteiger partial charge in [-0.15, -0.1) is 0 Å². The van der Waals surface area contributed by atoms with Gasteiger partial charge in [0.2, 0.25) is 0 Å². The summed E-state index contributed by atoms with van der Waals surface area (Å²) < 4.78 is 5.79. The molecule has 142 valence electrons. The monoisotopic (exact) mass is 375 g/mol. The molecule has 0 aliphatic carbocycles. The number of amides is 1. The van der Waals surface area contributed by atoms with Crippen molar-refractivity contribution in [3.8, 4) is 11.3 Å². The van der Waals surface area contributed by atoms with E-state index in [9.17, 15) is 9.59 Å². The van der Waals surface area contributed by atoms with Gasteiger partial charge in [-0.3, -0.25) is 9.59 Å². The van der Waals surface area contributed by atoms with Crippen molar-refractivity contribution in [1.82, 2.24) is 9.88 Å². The molecule has 0 saturated carbocycles. The van der Waals surface area contributed by atoms with Gasteiger partial charge < -0.3 is 14.2 Å². The number of furan rings is 1. The van der Waals surface area contributed by atoms with Crippen LogP contribution < -0.4 is 4.90 Å². The normalized spacial score (nSPS) is 14.2. The van der Waals surface area contributed by atoms with Crippen molar-refractivity contribution in [2.75, 3.05) is 31.1 Å². The SMILES string of the molecule is CC(=O)c1ccc(-c2ccc(C(=O)N3CCN(c4ccccn4)CC3)o2)cc1. The van der Waals surface area contributed by atoms with Crippen LogP contribution >= 0.6 is 0 Å². The third-order valence-electron chi connectivity index (χ3n) is 4.93. The molecule has 28 heavy (non-hydrogen) atoms. The molecule has 0 spiro atoms. The third kappa shape index (κ3) is 3.67. The summed E-state index contributed by atoms with van der Waals surface area (Å²) >= 11 is 0. The summed E-state index contributed by atoms with van der Waals surface area (Å²) in [4.78, 5) is 32.5. The minimum Gasteiger partial charge on any atom is -0.451 e. The van der Waals surface area contributed by atoms with E-state index in [0.29, 0.717) is 30.2 Å². The Balaban J connectivity index is 1.41. The lowest BCUT2D eigenvalue weighted by molar-refractivity contribution is 0.0715. The average molecular weight is 375 g/mol. The molecule has 0 atom stereocenters. The number of ketones is 1. The van der Waals surface area contributed by atoms with Crippen molar-refractivity contribution in [2.45, 2.75) is 6.92 Å². The van der Waals surface area contributed by atoms with Gasteiger partial charge in [0.15, 0.2) is 11.5 Å². The molecule has 0 unspecified atom stereocenters. The van der Waals surface area contributed by atoms with Crippen LogP contribution in [0.1, 0.15) is 27.8 Å². The van der Waals surface area contributed by atoms with Crippen LogP contribution in [0.15, 0.2) is 65.2 Å². The second kappa shape index (κ2) is 7.68. The number of carbonyl (C=O) groups excluding carboxylic acids is 2. The van der Waals surface area contributed by atoms with E-state index in [4.69, 9.17) is 4.42 Å². The lowest BCUT2D eigenvalue weighted by Gasteiger charge is -2.34. The second-order valence-electron chi connectivity index (χ2n) is 6.76. The summed E-state index contributed by atoms with van der Waals surface area (Å²) in [5, 5.41) is 0. The molecule has 3 aromatic rings. The van der Waals surface area contributed by atoms with Gasteiger partial charge in [0.1, 0.15) is 11.6 Å². The van der Waals surface area contributed by atoms with E-state index < -0.39 is 0 Å². The number of carbonyl (C=O) groups is 2. The number of anilines is 1. The van der Waals surface area contributed by atoms with Crippen molar-refractivity contribution in [1.29, 1.82) is 0 Å². The third-order valence-corrected chi connectivity index (χ3v) is 4.93. The molecule has 0 N–H and O–H groups in total. The summed E-state index contributed by atoms with van der Waals surface area (Å²) in [7, 11) is 0. The Morgan fingerprint density at radius 2 is 1.68 bits per heavy atom. The fourth-order valence-electron chi connectivity index (χ4n) is 3.31. The summed E-state index contributed by atoms with van der Waals surface area (Å²) in [5.74, 6) is 1.80. The Morgan fingerprint density at radius 3 is 2.32 bits per heavy atom. The van der Waals surface area contributed by atoms with E-state index in [1.54, 1.807) is 35.4 Å². The number of Topliss-reactive ketones (excluding diaryl/α,β-unsaturated/α-hetero) is 1. The fourth-order valence-corrected chi connectivity index (χ4v) is 3.31. The smallest absolute Gasteiger partial charge is 0.289 e. The summed E-state index contributed by atoms with van der Waals surface area (Å²) in [6, 6.07) is 16.5. The first-order chi connectivity index (χ1) is 13.6. The molecular formula is C22H21N3O3. The number of hydrogen-bond acceptors (Lipinski definition) is 5. The molecule has 4 rings (SSSR count). The van der Waals surface area contributed by atoms with E-state index in [1.165, 1.54) is 6.92 Å². The zero-order valence-corrected chi connectivity index (χ0v) is 15.7. The minimum atomic E-state index is -0.104. The first-order valence-corrected chi connectivity index (χ1v) is 9.28. The van der Waals surface area contributed by atoms with Crippen LogP contribution in [0, 0.1) is 0 Å². The first kappa shape index (κ1) is 18.0. The van der Waals surface area contributed by atoms with Gasteiger partial charge in [0, 0.05) is 43.5 Å². The molecular weight excluding hydrogens is 354 g/mol. The van der Waals surface area contributed by atoms with Gasteiger partial charge in [-0.25, -0.2) is 4.98 Å². The summed E-state index contributed by atoms with van der Waals surface area (Å²) in [6.45, 7) is 4.26. The van der Waals surface area contributed by atoms with Crippen molar-refractivity contribution in [3.63, 3.8) is 0 Å². The van der Waals surface area contributed by atoms with Crippen LogP contribution in [-0.4, -0.2) is 47.8 Å². The largest absolute Gasteiger partial charge is 0.451 e. The Bertz CT molecular complexity index is 972. The first-order valence-electron chi connectivity index (χ1n) is 9.28. The number of pyridine rings is 1. The maximum Gasteiger partial charge on any atom is 0.289 e. The lowest BCUT2D eigenvalue weighted by atomic mass is 10.1. The highest BCUT2D eigenvalue weighted by Crippen LogP contribution is 2.24. The topological polar surface area (TPSA) is 66.7 Å². The van der Waals surface area contributed by atoms with Gasteiger partial charge in [-0.05, 0) is 31.2 Å². The van der Waals surface area contributed by atoms with Crippen LogP contribution in [0.25, 0.3) is 11.3 Å². The van der Waals surface area contributed by atoms with Crippen molar-refractivity contribution in [3.05, 3.63) is 72.1 Å². The Hall–Kier alpha value is -3.41. The molecule has 0 bridgehead atoms. The highest BCUT2D eigenvalue weighted by Gasteiger charge is 2.25. The number of aromatic nitrogens is 1. The summed E-state index contributed by atoms with van der Waals surface area (Å²) in [5.41, 5.74) is 1.49. The number of benzene rings is 1. The molecule has 6 heteroatoms. The molecule has 6 nitrogen and oxygen atoms in total. The van der Waals surface area contributed by atoms with Crippen molar-refractivity contribution >= 4 is 17.5 Å². The highest BCUT2D eigenvalue weighted by atomic mass is 16.4. The average Bonchev–Trinajstić information content (AvgIpc) is 3.24. The zero-order chi connectivity index (χ0) is 19.5. The molecule has 1 fully saturated rings. The van der Waals surface area contributed by atoms with Gasteiger partial charge in [-0.2, -0.15) is 0 Å². The van der Waals surface area contributed by atoms with E-state index >= 15 is 0 Å². The predicted molar refractivity (Wildman–Crippen MR) is 107 cm³/mol. The van der Waals surface area contributed by atoms with E-state index in [0.717, 1.165) is 24.5 Å². The molecule has 1 saturated heterocycles. The van der Waals surface area contributed by atoms with Gasteiger partial charge in [0.25, 0.3) is 5.91 Å². The molecule has 1 aliphatic heterocycles. The van der Waals surface area contributed by atoms with Crippen LogP contribution in [0.3, 0.4) is 0 Å². The van der Waals surface area contributed by atoms with Crippen LogP contribution in [0.5, 0.6) is 0 Å². The summed E-state index contributed by atoms with van der Waals surface area (Å²) in [6.07, 6.45) is 1.78. The van der Waals surface area contributed by atoms with Crippen LogP contribution in [-0.2, 0) is 0 Å². The Kier molecular flexibility index (Phi) is 4.93. The van der Waals surface area contributed by atoms with Crippen LogP contribution in [0.2, 0.25) is 0 Å². The minimum absolute atomic E-state index is 0.0201. The van der Waals surface area contributed by atoms with Crippen molar-refractivity contribution < 1.29 is 14.0 Å².